The Morgan fingerprint density at radius 2 is 1.87 bits per heavy atom. The van der Waals surface area contributed by atoms with E-state index < -0.39 is 0 Å². The molecule has 3 rings (SSSR count). The van der Waals surface area contributed by atoms with Crippen LogP contribution in [0.15, 0.2) is 60.8 Å². The zero-order valence-electron chi connectivity index (χ0n) is 13.2. The minimum Gasteiger partial charge on any atom is -0.350 e. The Labute approximate surface area is 135 Å². The van der Waals surface area contributed by atoms with E-state index in [9.17, 15) is 4.79 Å². The van der Waals surface area contributed by atoms with Crippen molar-refractivity contribution in [2.75, 3.05) is 0 Å². The van der Waals surface area contributed by atoms with Crippen LogP contribution < -0.4 is 11.1 Å². The van der Waals surface area contributed by atoms with Crippen molar-refractivity contribution >= 4 is 16.8 Å². The van der Waals surface area contributed by atoms with E-state index in [1.165, 1.54) is 0 Å². The highest BCUT2D eigenvalue weighted by molar-refractivity contribution is 5.83. The van der Waals surface area contributed by atoms with Gasteiger partial charge in [-0.2, -0.15) is 0 Å². The van der Waals surface area contributed by atoms with Gasteiger partial charge in [0.15, 0.2) is 0 Å². The zero-order valence-corrected chi connectivity index (χ0v) is 13.2. The lowest BCUT2D eigenvalue weighted by molar-refractivity contribution is -0.121. The van der Waals surface area contributed by atoms with Gasteiger partial charge >= 0.3 is 0 Å². The van der Waals surface area contributed by atoms with Crippen molar-refractivity contribution in [1.82, 2.24) is 9.88 Å². The summed E-state index contributed by atoms with van der Waals surface area (Å²) < 4.78 is 1.96. The van der Waals surface area contributed by atoms with Crippen LogP contribution in [0.4, 0.5) is 0 Å². The largest absolute Gasteiger partial charge is 0.350 e. The Morgan fingerprint density at radius 3 is 2.61 bits per heavy atom. The lowest BCUT2D eigenvalue weighted by Crippen LogP contribution is -2.26. The fourth-order valence-electron chi connectivity index (χ4n) is 2.63. The molecule has 0 saturated heterocycles. The summed E-state index contributed by atoms with van der Waals surface area (Å²) >= 11 is 0. The van der Waals surface area contributed by atoms with E-state index in [0.717, 1.165) is 22.0 Å². The highest BCUT2D eigenvalue weighted by Crippen LogP contribution is 2.15. The standard InChI is InChI=1S/C19H21N3O/c1-14(20)16-8-6-15(7-9-16)12-21-19(23)13-22-11-10-17-4-2-3-5-18(17)22/h2-11,14H,12-13,20H2,1H3,(H,21,23). The molecule has 1 aromatic heterocycles. The Hall–Kier alpha value is -2.59. The van der Waals surface area contributed by atoms with Crippen molar-refractivity contribution < 1.29 is 4.79 Å². The molecule has 4 nitrogen and oxygen atoms in total. The van der Waals surface area contributed by atoms with Gasteiger partial charge in [-0.3, -0.25) is 4.79 Å². The van der Waals surface area contributed by atoms with E-state index in [-0.39, 0.29) is 11.9 Å². The van der Waals surface area contributed by atoms with Gasteiger partial charge in [0.2, 0.25) is 5.91 Å². The van der Waals surface area contributed by atoms with Gasteiger partial charge in [0.25, 0.3) is 0 Å². The molecule has 0 bridgehead atoms. The van der Waals surface area contributed by atoms with Gasteiger partial charge in [0.1, 0.15) is 6.54 Å². The van der Waals surface area contributed by atoms with Crippen molar-refractivity contribution in [3.63, 3.8) is 0 Å². The smallest absolute Gasteiger partial charge is 0.240 e. The van der Waals surface area contributed by atoms with Crippen LogP contribution in [0.5, 0.6) is 0 Å². The van der Waals surface area contributed by atoms with Crippen molar-refractivity contribution in [2.24, 2.45) is 5.73 Å². The summed E-state index contributed by atoms with van der Waals surface area (Å²) in [5.41, 5.74) is 9.07. The second-order valence-corrected chi connectivity index (χ2v) is 5.81. The number of benzene rings is 2. The quantitative estimate of drug-likeness (QED) is 0.761. The van der Waals surface area contributed by atoms with Crippen molar-refractivity contribution in [1.29, 1.82) is 0 Å². The van der Waals surface area contributed by atoms with Crippen molar-refractivity contribution in [3.05, 3.63) is 71.9 Å². The van der Waals surface area contributed by atoms with Crippen LogP contribution in [0.3, 0.4) is 0 Å². The van der Waals surface area contributed by atoms with Gasteiger partial charge in [0.05, 0.1) is 0 Å². The molecule has 0 radical (unpaired) electrons. The Balaban J connectivity index is 1.59. The SMILES string of the molecule is CC(N)c1ccc(CNC(=O)Cn2ccc3ccccc32)cc1. The third-order valence-electron chi connectivity index (χ3n) is 3.99. The first-order chi connectivity index (χ1) is 11.1. The second-order valence-electron chi connectivity index (χ2n) is 5.81. The van der Waals surface area contributed by atoms with Crippen LogP contribution in [-0.2, 0) is 17.9 Å². The maximum absolute atomic E-state index is 12.2. The molecule has 0 aliphatic rings. The third-order valence-corrected chi connectivity index (χ3v) is 3.99. The van der Waals surface area contributed by atoms with Gasteiger partial charge in [-0.25, -0.2) is 0 Å². The number of hydrogen-bond donors (Lipinski definition) is 2. The fourth-order valence-corrected chi connectivity index (χ4v) is 2.63. The normalized spacial score (nSPS) is 12.3. The maximum Gasteiger partial charge on any atom is 0.240 e. The topological polar surface area (TPSA) is 60.0 Å². The molecule has 3 aromatic rings. The monoisotopic (exact) mass is 307 g/mol. The molecule has 1 amide bonds. The van der Waals surface area contributed by atoms with Crippen LogP contribution >= 0.6 is 0 Å². The number of nitrogens with one attached hydrogen (secondary N) is 1. The molecule has 0 spiro atoms. The number of carbonyl (C=O) groups is 1. The van der Waals surface area contributed by atoms with Crippen LogP contribution in [-0.4, -0.2) is 10.5 Å². The number of aromatic nitrogens is 1. The zero-order chi connectivity index (χ0) is 16.2. The molecule has 0 fully saturated rings. The fraction of sp³-hybridized carbons (Fsp3) is 0.211. The van der Waals surface area contributed by atoms with E-state index in [1.54, 1.807) is 0 Å². The first kappa shape index (κ1) is 15.3. The van der Waals surface area contributed by atoms with E-state index >= 15 is 0 Å². The highest BCUT2D eigenvalue weighted by atomic mass is 16.1. The molecule has 1 unspecified atom stereocenters. The Kier molecular flexibility index (Phi) is 4.44. The molecular weight excluding hydrogens is 286 g/mol. The summed E-state index contributed by atoms with van der Waals surface area (Å²) in [6.07, 6.45) is 1.95. The minimum atomic E-state index is 0.00243. The first-order valence-corrected chi connectivity index (χ1v) is 7.78. The number of nitrogens with zero attached hydrogens (tertiary/aromatic N) is 1. The summed E-state index contributed by atoms with van der Waals surface area (Å²) in [6.45, 7) is 2.81. The number of carbonyl (C=O) groups excluding carboxylic acids is 1. The molecule has 0 aliphatic heterocycles. The molecule has 2 aromatic carbocycles. The van der Waals surface area contributed by atoms with Crippen LogP contribution in [0, 0.1) is 0 Å². The van der Waals surface area contributed by atoms with Gasteiger partial charge in [0, 0.05) is 24.3 Å². The average Bonchev–Trinajstić information content (AvgIpc) is 2.96. The number of para-hydroxylation sites is 1. The van der Waals surface area contributed by atoms with Crippen molar-refractivity contribution in [2.45, 2.75) is 26.1 Å². The summed E-state index contributed by atoms with van der Waals surface area (Å²) in [7, 11) is 0. The number of nitrogens with two attached hydrogens (primary N) is 1. The molecule has 3 N–H and O–H groups in total. The Bertz CT molecular complexity index is 803. The van der Waals surface area contributed by atoms with Crippen LogP contribution in [0.1, 0.15) is 24.1 Å². The molecule has 1 heterocycles. The Morgan fingerprint density at radius 1 is 1.13 bits per heavy atom. The predicted octanol–water partition coefficient (Wildman–Crippen LogP) is 2.98. The van der Waals surface area contributed by atoms with Gasteiger partial charge in [-0.05, 0) is 35.6 Å². The molecule has 0 aliphatic carbocycles. The van der Waals surface area contributed by atoms with E-state index in [4.69, 9.17) is 5.73 Å². The minimum absolute atomic E-state index is 0.00243. The number of rotatable bonds is 5. The molecular formula is C19H21N3O. The summed E-state index contributed by atoms with van der Waals surface area (Å²) in [6, 6.07) is 18.1. The summed E-state index contributed by atoms with van der Waals surface area (Å²) in [4.78, 5) is 12.2. The number of fused-ring (bicyclic) bond motifs is 1. The highest BCUT2D eigenvalue weighted by Gasteiger charge is 2.06. The summed E-state index contributed by atoms with van der Waals surface area (Å²) in [5.74, 6) is 0.00243. The molecule has 118 valence electrons. The van der Waals surface area contributed by atoms with Crippen molar-refractivity contribution in [3.8, 4) is 0 Å². The lowest BCUT2D eigenvalue weighted by Gasteiger charge is -2.09. The van der Waals surface area contributed by atoms with Gasteiger partial charge in [-0.15, -0.1) is 0 Å². The van der Waals surface area contributed by atoms with E-state index in [2.05, 4.69) is 5.32 Å². The molecule has 23 heavy (non-hydrogen) atoms. The summed E-state index contributed by atoms with van der Waals surface area (Å²) in [5, 5.41) is 4.10. The molecule has 1 atom stereocenters. The van der Waals surface area contributed by atoms with Gasteiger partial charge in [-0.1, -0.05) is 42.5 Å². The predicted molar refractivity (Wildman–Crippen MR) is 92.8 cm³/mol. The number of hydrogen-bond acceptors (Lipinski definition) is 2. The third kappa shape index (κ3) is 3.60. The van der Waals surface area contributed by atoms with E-state index in [1.807, 2.05) is 72.3 Å². The van der Waals surface area contributed by atoms with E-state index in [0.29, 0.717) is 13.1 Å². The number of amides is 1. The van der Waals surface area contributed by atoms with Gasteiger partial charge < -0.3 is 15.6 Å². The second kappa shape index (κ2) is 6.67. The van der Waals surface area contributed by atoms with Crippen LogP contribution in [0.2, 0.25) is 0 Å². The average molecular weight is 307 g/mol. The maximum atomic E-state index is 12.2. The first-order valence-electron chi connectivity index (χ1n) is 7.78. The van der Waals surface area contributed by atoms with Crippen LogP contribution in [0.25, 0.3) is 10.9 Å². The molecule has 4 heteroatoms. The molecule has 0 saturated carbocycles. The lowest BCUT2D eigenvalue weighted by atomic mass is 10.1.